The topological polar surface area (TPSA) is 75.3 Å². The van der Waals surface area contributed by atoms with Crippen LogP contribution in [-0.4, -0.2) is 26.4 Å². The maximum absolute atomic E-state index is 12.7. The highest BCUT2D eigenvalue weighted by atomic mass is 79.9. The van der Waals surface area contributed by atoms with Crippen LogP contribution in [0, 0.1) is 11.8 Å². The zero-order valence-corrected chi connectivity index (χ0v) is 17.4. The predicted molar refractivity (Wildman–Crippen MR) is 103 cm³/mol. The van der Waals surface area contributed by atoms with Crippen LogP contribution in [0.2, 0.25) is 0 Å². The van der Waals surface area contributed by atoms with Crippen molar-refractivity contribution in [2.45, 2.75) is 63.4 Å². The third-order valence-electron chi connectivity index (χ3n) is 4.72. The Balaban J connectivity index is 2.06. The zero-order valence-electron chi connectivity index (χ0n) is 15.0. The number of halogens is 1. The van der Waals surface area contributed by atoms with E-state index in [0.29, 0.717) is 5.92 Å². The van der Waals surface area contributed by atoms with E-state index in [0.717, 1.165) is 30.2 Å². The van der Waals surface area contributed by atoms with Gasteiger partial charge in [0.15, 0.2) is 0 Å². The lowest BCUT2D eigenvalue weighted by atomic mass is 9.87. The van der Waals surface area contributed by atoms with Gasteiger partial charge in [-0.15, -0.1) is 0 Å². The van der Waals surface area contributed by atoms with E-state index in [1.807, 2.05) is 13.8 Å². The Morgan fingerprint density at radius 3 is 2.20 bits per heavy atom. The highest BCUT2D eigenvalue weighted by Crippen LogP contribution is 2.24. The van der Waals surface area contributed by atoms with Gasteiger partial charge in [0, 0.05) is 10.5 Å². The van der Waals surface area contributed by atoms with E-state index < -0.39 is 16.1 Å². The minimum atomic E-state index is -3.75. The molecule has 1 fully saturated rings. The highest BCUT2D eigenvalue weighted by molar-refractivity contribution is 9.10. The van der Waals surface area contributed by atoms with Gasteiger partial charge >= 0.3 is 0 Å². The second-order valence-electron chi connectivity index (χ2n) is 7.26. The fraction of sp³-hybridized carbons (Fsp3) is 0.611. The second kappa shape index (κ2) is 8.64. The molecule has 1 aliphatic carbocycles. The Kier molecular flexibility index (Phi) is 7.05. The molecule has 1 saturated carbocycles. The van der Waals surface area contributed by atoms with Gasteiger partial charge in [0.2, 0.25) is 15.9 Å². The van der Waals surface area contributed by atoms with Crippen LogP contribution in [0.15, 0.2) is 33.6 Å². The van der Waals surface area contributed by atoms with Crippen molar-refractivity contribution in [1.29, 1.82) is 0 Å². The van der Waals surface area contributed by atoms with E-state index in [4.69, 9.17) is 0 Å². The SMILES string of the molecule is CC1CCC(NC(=O)[C@@H](NS(=O)(=O)c2ccc(Br)cc2)C(C)C)CC1. The van der Waals surface area contributed by atoms with Gasteiger partial charge in [-0.1, -0.05) is 36.7 Å². The first-order chi connectivity index (χ1) is 11.7. The van der Waals surface area contributed by atoms with Gasteiger partial charge in [-0.05, 0) is 61.8 Å². The summed E-state index contributed by atoms with van der Waals surface area (Å²) in [5.74, 6) is 0.313. The first-order valence-electron chi connectivity index (χ1n) is 8.77. The van der Waals surface area contributed by atoms with Crippen molar-refractivity contribution in [3.05, 3.63) is 28.7 Å². The third kappa shape index (κ3) is 5.79. The summed E-state index contributed by atoms with van der Waals surface area (Å²) in [6, 6.07) is 5.73. The summed E-state index contributed by atoms with van der Waals surface area (Å²) in [5, 5.41) is 3.03. The van der Waals surface area contributed by atoms with E-state index in [-0.39, 0.29) is 22.8 Å². The van der Waals surface area contributed by atoms with Gasteiger partial charge in [-0.2, -0.15) is 4.72 Å². The number of amides is 1. The van der Waals surface area contributed by atoms with Crippen molar-refractivity contribution in [1.82, 2.24) is 10.0 Å². The summed E-state index contributed by atoms with van der Waals surface area (Å²) in [6.07, 6.45) is 4.11. The van der Waals surface area contributed by atoms with Crippen LogP contribution >= 0.6 is 15.9 Å². The molecule has 0 spiro atoms. The first-order valence-corrected chi connectivity index (χ1v) is 11.0. The summed E-state index contributed by atoms with van der Waals surface area (Å²) >= 11 is 3.29. The minimum Gasteiger partial charge on any atom is -0.352 e. The molecule has 1 amide bonds. The van der Waals surface area contributed by atoms with Crippen molar-refractivity contribution in [2.75, 3.05) is 0 Å². The van der Waals surface area contributed by atoms with E-state index in [9.17, 15) is 13.2 Å². The quantitative estimate of drug-likeness (QED) is 0.725. The highest BCUT2D eigenvalue weighted by Gasteiger charge is 2.30. The van der Waals surface area contributed by atoms with Crippen LogP contribution in [-0.2, 0) is 14.8 Å². The van der Waals surface area contributed by atoms with Crippen molar-refractivity contribution in [3.8, 4) is 0 Å². The van der Waals surface area contributed by atoms with Crippen LogP contribution < -0.4 is 10.0 Å². The predicted octanol–water partition coefficient (Wildman–Crippen LogP) is 3.45. The second-order valence-corrected chi connectivity index (χ2v) is 9.89. The van der Waals surface area contributed by atoms with Gasteiger partial charge in [0.25, 0.3) is 0 Å². The maximum atomic E-state index is 12.7. The molecule has 140 valence electrons. The lowest BCUT2D eigenvalue weighted by molar-refractivity contribution is -0.124. The molecule has 0 unspecified atom stereocenters. The number of carbonyl (C=O) groups excluding carboxylic acids is 1. The summed E-state index contributed by atoms with van der Waals surface area (Å²) in [6.45, 7) is 5.91. The average Bonchev–Trinajstić information content (AvgIpc) is 2.55. The zero-order chi connectivity index (χ0) is 18.6. The molecule has 25 heavy (non-hydrogen) atoms. The summed E-state index contributed by atoms with van der Waals surface area (Å²) < 4.78 is 28.6. The van der Waals surface area contributed by atoms with Crippen LogP contribution in [0.5, 0.6) is 0 Å². The lowest BCUT2D eigenvalue weighted by Crippen LogP contribution is -2.52. The summed E-state index contributed by atoms with van der Waals surface area (Å²) in [7, 11) is -3.75. The molecule has 0 radical (unpaired) electrons. The molecule has 2 rings (SSSR count). The van der Waals surface area contributed by atoms with Gasteiger partial charge in [-0.25, -0.2) is 8.42 Å². The molecule has 7 heteroatoms. The van der Waals surface area contributed by atoms with Crippen molar-refractivity contribution < 1.29 is 13.2 Å². The Bertz CT molecular complexity index is 681. The number of sulfonamides is 1. The molecule has 2 N–H and O–H groups in total. The normalized spacial score (nSPS) is 22.6. The lowest BCUT2D eigenvalue weighted by Gasteiger charge is -2.29. The maximum Gasteiger partial charge on any atom is 0.241 e. The van der Waals surface area contributed by atoms with Crippen LogP contribution in [0.4, 0.5) is 0 Å². The van der Waals surface area contributed by atoms with E-state index in [2.05, 4.69) is 32.9 Å². The minimum absolute atomic E-state index is 0.141. The molecule has 1 aromatic carbocycles. The summed E-state index contributed by atoms with van der Waals surface area (Å²) in [5.41, 5.74) is 0. The number of carbonyl (C=O) groups is 1. The molecule has 1 aromatic rings. The molecular weight excluding hydrogens is 404 g/mol. The Labute approximate surface area is 159 Å². The standard InChI is InChI=1S/C18H27BrN2O3S/c1-12(2)17(18(22)20-15-8-4-13(3)5-9-15)21-25(23,24)16-10-6-14(19)7-11-16/h6-7,10-13,15,17,21H,4-5,8-9H2,1-3H3,(H,20,22)/t13?,15?,17-/m0/s1. The molecular formula is C18H27BrN2O3S. The molecule has 1 aliphatic rings. The number of rotatable bonds is 6. The van der Waals surface area contributed by atoms with Crippen molar-refractivity contribution >= 4 is 31.9 Å². The van der Waals surface area contributed by atoms with E-state index in [1.165, 1.54) is 12.1 Å². The number of hydrogen-bond donors (Lipinski definition) is 2. The Morgan fingerprint density at radius 1 is 1.12 bits per heavy atom. The molecule has 0 bridgehead atoms. The summed E-state index contributed by atoms with van der Waals surface area (Å²) in [4.78, 5) is 12.8. The van der Waals surface area contributed by atoms with Gasteiger partial charge in [-0.3, -0.25) is 4.79 Å². The Hall–Kier alpha value is -0.920. The molecule has 0 aromatic heterocycles. The molecule has 0 heterocycles. The van der Waals surface area contributed by atoms with Gasteiger partial charge < -0.3 is 5.32 Å². The average molecular weight is 431 g/mol. The smallest absolute Gasteiger partial charge is 0.241 e. The van der Waals surface area contributed by atoms with Crippen LogP contribution in [0.25, 0.3) is 0 Å². The fourth-order valence-corrected chi connectivity index (χ4v) is 4.64. The van der Waals surface area contributed by atoms with Gasteiger partial charge in [0.1, 0.15) is 6.04 Å². The fourth-order valence-electron chi connectivity index (χ4n) is 3.04. The molecule has 5 nitrogen and oxygen atoms in total. The first kappa shape index (κ1) is 20.4. The van der Waals surface area contributed by atoms with Crippen LogP contribution in [0.3, 0.4) is 0 Å². The number of nitrogens with one attached hydrogen (secondary N) is 2. The van der Waals surface area contributed by atoms with Crippen molar-refractivity contribution in [2.24, 2.45) is 11.8 Å². The van der Waals surface area contributed by atoms with Crippen molar-refractivity contribution in [3.63, 3.8) is 0 Å². The molecule has 0 saturated heterocycles. The monoisotopic (exact) mass is 430 g/mol. The number of hydrogen-bond acceptors (Lipinski definition) is 3. The molecule has 0 aliphatic heterocycles. The van der Waals surface area contributed by atoms with Crippen LogP contribution in [0.1, 0.15) is 46.5 Å². The van der Waals surface area contributed by atoms with E-state index >= 15 is 0 Å². The van der Waals surface area contributed by atoms with Gasteiger partial charge in [0.05, 0.1) is 4.90 Å². The number of benzene rings is 1. The third-order valence-corrected chi connectivity index (χ3v) is 6.70. The largest absolute Gasteiger partial charge is 0.352 e. The molecule has 1 atom stereocenters. The Morgan fingerprint density at radius 2 is 1.68 bits per heavy atom. The van der Waals surface area contributed by atoms with E-state index in [1.54, 1.807) is 12.1 Å².